The lowest BCUT2D eigenvalue weighted by atomic mass is 10.1. The maximum atomic E-state index is 12.2. The van der Waals surface area contributed by atoms with Gasteiger partial charge in [-0.25, -0.2) is 0 Å². The number of aryl methyl sites for hydroxylation is 1. The molecule has 0 unspecified atom stereocenters. The number of anilines is 3. The molecule has 110 valence electrons. The highest BCUT2D eigenvalue weighted by Gasteiger charge is 2.07. The largest absolute Gasteiger partial charge is 0.399 e. The molecule has 4 nitrogen and oxygen atoms in total. The molecule has 0 fully saturated rings. The zero-order valence-corrected chi connectivity index (χ0v) is 12.2. The van der Waals surface area contributed by atoms with Crippen molar-refractivity contribution < 1.29 is 4.79 Å². The van der Waals surface area contributed by atoms with Gasteiger partial charge < -0.3 is 16.8 Å². The molecule has 0 heterocycles. The van der Waals surface area contributed by atoms with Gasteiger partial charge in [-0.1, -0.05) is 25.5 Å². The van der Waals surface area contributed by atoms with E-state index in [1.807, 2.05) is 24.3 Å². The van der Waals surface area contributed by atoms with Crippen LogP contribution >= 0.6 is 0 Å². The average molecular weight is 283 g/mol. The van der Waals surface area contributed by atoms with Gasteiger partial charge >= 0.3 is 0 Å². The van der Waals surface area contributed by atoms with E-state index in [0.717, 1.165) is 12.1 Å². The van der Waals surface area contributed by atoms with Crippen LogP contribution in [0.4, 0.5) is 17.1 Å². The van der Waals surface area contributed by atoms with Crippen molar-refractivity contribution in [1.82, 2.24) is 0 Å². The third kappa shape index (κ3) is 4.24. The molecule has 0 aromatic heterocycles. The van der Waals surface area contributed by atoms with Crippen molar-refractivity contribution >= 4 is 23.0 Å². The van der Waals surface area contributed by atoms with E-state index >= 15 is 0 Å². The number of hydrogen-bond donors (Lipinski definition) is 3. The van der Waals surface area contributed by atoms with Crippen LogP contribution in [-0.4, -0.2) is 5.91 Å². The summed E-state index contributed by atoms with van der Waals surface area (Å²) < 4.78 is 0. The van der Waals surface area contributed by atoms with E-state index in [-0.39, 0.29) is 5.91 Å². The highest BCUT2D eigenvalue weighted by molar-refractivity contribution is 6.05. The molecule has 0 spiro atoms. The number of carbonyl (C=O) groups is 1. The van der Waals surface area contributed by atoms with Gasteiger partial charge in [0.1, 0.15) is 0 Å². The first-order valence-electron chi connectivity index (χ1n) is 7.15. The van der Waals surface area contributed by atoms with Gasteiger partial charge in [-0.3, -0.25) is 4.79 Å². The van der Waals surface area contributed by atoms with Crippen LogP contribution in [0, 0.1) is 0 Å². The minimum Gasteiger partial charge on any atom is -0.399 e. The molecule has 2 rings (SSSR count). The fraction of sp³-hybridized carbons (Fsp3) is 0.235. The van der Waals surface area contributed by atoms with Crippen molar-refractivity contribution in [3.63, 3.8) is 0 Å². The summed E-state index contributed by atoms with van der Waals surface area (Å²) in [5.41, 5.74) is 14.9. The summed E-state index contributed by atoms with van der Waals surface area (Å²) in [7, 11) is 0. The lowest BCUT2D eigenvalue weighted by Crippen LogP contribution is -2.12. The SMILES string of the molecule is CCCCc1ccc(NC(=O)c2cc(N)cc(N)c2)cc1. The summed E-state index contributed by atoms with van der Waals surface area (Å²) in [5, 5.41) is 2.85. The Morgan fingerprint density at radius 1 is 1.05 bits per heavy atom. The number of rotatable bonds is 5. The molecule has 0 bridgehead atoms. The first-order valence-corrected chi connectivity index (χ1v) is 7.15. The third-order valence-corrected chi connectivity index (χ3v) is 3.27. The van der Waals surface area contributed by atoms with Crippen molar-refractivity contribution in [3.05, 3.63) is 53.6 Å². The Morgan fingerprint density at radius 2 is 1.67 bits per heavy atom. The van der Waals surface area contributed by atoms with Crippen LogP contribution in [0.5, 0.6) is 0 Å². The summed E-state index contributed by atoms with van der Waals surface area (Å²) in [6, 6.07) is 12.8. The monoisotopic (exact) mass is 283 g/mol. The number of amides is 1. The smallest absolute Gasteiger partial charge is 0.255 e. The Bertz CT molecular complexity index is 600. The fourth-order valence-electron chi connectivity index (χ4n) is 2.15. The molecule has 21 heavy (non-hydrogen) atoms. The van der Waals surface area contributed by atoms with Crippen LogP contribution < -0.4 is 16.8 Å². The van der Waals surface area contributed by atoms with Crippen LogP contribution in [0.25, 0.3) is 0 Å². The van der Waals surface area contributed by atoms with Gasteiger partial charge in [-0.15, -0.1) is 0 Å². The second-order valence-electron chi connectivity index (χ2n) is 5.14. The molecule has 0 aliphatic heterocycles. The molecule has 4 heteroatoms. The number of benzene rings is 2. The zero-order valence-electron chi connectivity index (χ0n) is 12.2. The summed E-state index contributed by atoms with van der Waals surface area (Å²) in [6.45, 7) is 2.17. The predicted octanol–water partition coefficient (Wildman–Crippen LogP) is 3.45. The van der Waals surface area contributed by atoms with E-state index in [1.165, 1.54) is 18.4 Å². The number of hydrogen-bond acceptors (Lipinski definition) is 3. The van der Waals surface area contributed by atoms with Gasteiger partial charge in [0.05, 0.1) is 0 Å². The van der Waals surface area contributed by atoms with Crippen LogP contribution in [0.15, 0.2) is 42.5 Å². The molecular formula is C17H21N3O. The lowest BCUT2D eigenvalue weighted by molar-refractivity contribution is 0.102. The molecule has 0 aliphatic rings. The first kappa shape index (κ1) is 14.9. The Hall–Kier alpha value is -2.49. The van der Waals surface area contributed by atoms with Crippen LogP contribution in [0.1, 0.15) is 35.7 Å². The molecular weight excluding hydrogens is 262 g/mol. The molecule has 1 amide bonds. The van der Waals surface area contributed by atoms with Gasteiger partial charge in [0.15, 0.2) is 0 Å². The van der Waals surface area contributed by atoms with Crippen molar-refractivity contribution in [1.29, 1.82) is 0 Å². The maximum absolute atomic E-state index is 12.2. The molecule has 0 saturated heterocycles. The Balaban J connectivity index is 2.05. The van der Waals surface area contributed by atoms with E-state index in [4.69, 9.17) is 11.5 Å². The number of nitrogen functional groups attached to an aromatic ring is 2. The number of nitrogens with one attached hydrogen (secondary N) is 1. The van der Waals surface area contributed by atoms with Crippen molar-refractivity contribution in [3.8, 4) is 0 Å². The summed E-state index contributed by atoms with van der Waals surface area (Å²) in [6.07, 6.45) is 3.42. The topological polar surface area (TPSA) is 81.1 Å². The predicted molar refractivity (Wildman–Crippen MR) is 88.3 cm³/mol. The Labute approximate surface area is 125 Å². The Kier molecular flexibility index (Phi) is 4.82. The van der Waals surface area contributed by atoms with Crippen molar-refractivity contribution in [2.75, 3.05) is 16.8 Å². The fourth-order valence-corrected chi connectivity index (χ4v) is 2.15. The minimum atomic E-state index is -0.213. The highest BCUT2D eigenvalue weighted by Crippen LogP contribution is 2.17. The van der Waals surface area contributed by atoms with Crippen molar-refractivity contribution in [2.24, 2.45) is 0 Å². The van der Waals surface area contributed by atoms with E-state index in [1.54, 1.807) is 18.2 Å². The second kappa shape index (κ2) is 6.79. The normalized spacial score (nSPS) is 10.3. The Morgan fingerprint density at radius 3 is 2.24 bits per heavy atom. The number of nitrogens with two attached hydrogens (primary N) is 2. The lowest BCUT2D eigenvalue weighted by Gasteiger charge is -2.08. The number of unbranched alkanes of at least 4 members (excludes halogenated alkanes) is 1. The summed E-state index contributed by atoms with van der Waals surface area (Å²) in [5.74, 6) is -0.213. The molecule has 2 aromatic carbocycles. The van der Waals surface area contributed by atoms with Gasteiger partial charge in [0, 0.05) is 22.6 Å². The molecule has 0 radical (unpaired) electrons. The van der Waals surface area contributed by atoms with E-state index in [0.29, 0.717) is 16.9 Å². The van der Waals surface area contributed by atoms with Crippen LogP contribution in [0.3, 0.4) is 0 Å². The highest BCUT2D eigenvalue weighted by atomic mass is 16.1. The maximum Gasteiger partial charge on any atom is 0.255 e. The van der Waals surface area contributed by atoms with Gasteiger partial charge in [0.2, 0.25) is 0 Å². The van der Waals surface area contributed by atoms with E-state index in [2.05, 4.69) is 12.2 Å². The van der Waals surface area contributed by atoms with Crippen molar-refractivity contribution in [2.45, 2.75) is 26.2 Å². The molecule has 0 atom stereocenters. The molecule has 0 saturated carbocycles. The van der Waals surface area contributed by atoms with E-state index in [9.17, 15) is 4.79 Å². The van der Waals surface area contributed by atoms with E-state index < -0.39 is 0 Å². The molecule has 5 N–H and O–H groups in total. The standard InChI is InChI=1S/C17H21N3O/c1-2-3-4-12-5-7-16(8-6-12)20-17(21)13-9-14(18)11-15(19)10-13/h5-11H,2-4,18-19H2,1H3,(H,20,21). The first-order chi connectivity index (χ1) is 10.1. The van der Waals surface area contributed by atoms with Crippen LogP contribution in [-0.2, 0) is 6.42 Å². The van der Waals surface area contributed by atoms with Gasteiger partial charge in [-0.2, -0.15) is 0 Å². The zero-order chi connectivity index (χ0) is 15.2. The van der Waals surface area contributed by atoms with Gasteiger partial charge in [-0.05, 0) is 48.7 Å². The summed E-state index contributed by atoms with van der Waals surface area (Å²) >= 11 is 0. The average Bonchev–Trinajstić information content (AvgIpc) is 2.45. The number of carbonyl (C=O) groups excluding carboxylic acids is 1. The minimum absolute atomic E-state index is 0.213. The van der Waals surface area contributed by atoms with Gasteiger partial charge in [0.25, 0.3) is 5.91 Å². The quantitative estimate of drug-likeness (QED) is 0.735. The third-order valence-electron chi connectivity index (χ3n) is 3.27. The molecule has 2 aromatic rings. The van der Waals surface area contributed by atoms with Crippen LogP contribution in [0.2, 0.25) is 0 Å². The second-order valence-corrected chi connectivity index (χ2v) is 5.14. The summed E-state index contributed by atoms with van der Waals surface area (Å²) in [4.78, 5) is 12.2. The molecule has 0 aliphatic carbocycles.